The van der Waals surface area contributed by atoms with Crippen LogP contribution in [0.15, 0.2) is 65.7 Å². The molecular formula is C24H19ClF3N5OS. The smallest absolute Gasteiger partial charge is 0.337 e. The number of aromatic amines is 1. The van der Waals surface area contributed by atoms with E-state index in [0.717, 1.165) is 39.3 Å². The Kier molecular flexibility index (Phi) is 7.62. The largest absolute Gasteiger partial charge is 0.417 e. The molecule has 6 nitrogen and oxygen atoms in total. The third-order valence-electron chi connectivity index (χ3n) is 4.85. The minimum atomic E-state index is -4.60. The summed E-state index contributed by atoms with van der Waals surface area (Å²) in [5, 5.41) is 12.9. The molecule has 0 radical (unpaired) electrons. The van der Waals surface area contributed by atoms with E-state index in [1.165, 1.54) is 17.8 Å². The molecule has 0 aliphatic heterocycles. The second kappa shape index (κ2) is 10.8. The van der Waals surface area contributed by atoms with Crippen LogP contribution in [0.5, 0.6) is 0 Å². The molecule has 2 amide bonds. The summed E-state index contributed by atoms with van der Waals surface area (Å²) in [4.78, 5) is 17.3. The Bertz CT molecular complexity index is 1360. The number of thioether (sulfide) groups is 1. The van der Waals surface area contributed by atoms with Gasteiger partial charge in [-0.3, -0.25) is 10.1 Å². The Balaban J connectivity index is 1.28. The number of nitrogens with one attached hydrogen (secondary N) is 3. The molecule has 35 heavy (non-hydrogen) atoms. The summed E-state index contributed by atoms with van der Waals surface area (Å²) >= 11 is 7.12. The number of carbonyl (C=O) groups excluding carboxylic acids is 1. The molecule has 4 rings (SSSR count). The molecule has 3 N–H and O–H groups in total. The van der Waals surface area contributed by atoms with Crippen LogP contribution in [-0.2, 0) is 6.18 Å². The number of nitrogens with zero attached hydrogens (tertiary/aromatic N) is 2. The first-order valence-corrected chi connectivity index (χ1v) is 11.8. The zero-order chi connectivity index (χ0) is 24.8. The third kappa shape index (κ3) is 6.55. The van der Waals surface area contributed by atoms with E-state index in [1.807, 2.05) is 48.6 Å². The van der Waals surface area contributed by atoms with E-state index < -0.39 is 22.8 Å². The molecule has 11 heteroatoms. The van der Waals surface area contributed by atoms with Crippen LogP contribution in [0.1, 0.15) is 17.0 Å². The van der Waals surface area contributed by atoms with Crippen LogP contribution in [-0.4, -0.2) is 33.5 Å². The number of hydrogen-bond donors (Lipinski definition) is 3. The summed E-state index contributed by atoms with van der Waals surface area (Å²) in [6.07, 6.45) is 0.914. The topological polar surface area (TPSA) is 82.7 Å². The van der Waals surface area contributed by atoms with Gasteiger partial charge in [0.25, 0.3) is 0 Å². The quantitative estimate of drug-likeness (QED) is 0.188. The third-order valence-corrected chi connectivity index (χ3v) is 6.17. The first-order valence-electron chi connectivity index (χ1n) is 10.4. The summed E-state index contributed by atoms with van der Waals surface area (Å²) in [6, 6.07) is 14.2. The highest BCUT2D eigenvalue weighted by molar-refractivity contribution is 7.99. The van der Waals surface area contributed by atoms with Gasteiger partial charge in [0.2, 0.25) is 0 Å². The maximum atomic E-state index is 13.0. The van der Waals surface area contributed by atoms with Crippen molar-refractivity contribution in [3.8, 4) is 0 Å². The average molecular weight is 518 g/mol. The van der Waals surface area contributed by atoms with Gasteiger partial charge in [0.1, 0.15) is 0 Å². The van der Waals surface area contributed by atoms with Gasteiger partial charge in [0.05, 0.1) is 27.5 Å². The number of anilines is 1. The van der Waals surface area contributed by atoms with E-state index in [2.05, 4.69) is 25.8 Å². The van der Waals surface area contributed by atoms with Crippen LogP contribution < -0.4 is 10.6 Å². The molecule has 0 fully saturated rings. The van der Waals surface area contributed by atoms with Crippen LogP contribution in [0.25, 0.3) is 23.1 Å². The number of alkyl halides is 3. The highest BCUT2D eigenvalue weighted by Gasteiger charge is 2.33. The molecule has 2 aromatic carbocycles. The van der Waals surface area contributed by atoms with E-state index in [0.29, 0.717) is 12.3 Å². The lowest BCUT2D eigenvalue weighted by atomic mass is 10.2. The van der Waals surface area contributed by atoms with Crippen LogP contribution in [0, 0.1) is 0 Å². The second-order valence-corrected chi connectivity index (χ2v) is 8.90. The lowest BCUT2D eigenvalue weighted by Crippen LogP contribution is -2.30. The maximum absolute atomic E-state index is 13.0. The Morgan fingerprint density at radius 2 is 1.97 bits per heavy atom. The highest BCUT2D eigenvalue weighted by atomic mass is 35.5. The van der Waals surface area contributed by atoms with Gasteiger partial charge in [-0.15, -0.1) is 11.8 Å². The van der Waals surface area contributed by atoms with E-state index in [4.69, 9.17) is 11.6 Å². The summed E-state index contributed by atoms with van der Waals surface area (Å²) < 4.78 is 38.9. The molecule has 4 aromatic rings. The zero-order valence-electron chi connectivity index (χ0n) is 18.1. The maximum Gasteiger partial charge on any atom is 0.417 e. The number of hydrogen-bond acceptors (Lipinski definition) is 4. The van der Waals surface area contributed by atoms with Gasteiger partial charge >= 0.3 is 12.2 Å². The molecule has 0 spiro atoms. The predicted molar refractivity (Wildman–Crippen MR) is 133 cm³/mol. The zero-order valence-corrected chi connectivity index (χ0v) is 19.6. The van der Waals surface area contributed by atoms with Gasteiger partial charge in [0.15, 0.2) is 0 Å². The van der Waals surface area contributed by atoms with Crippen LogP contribution in [0.4, 0.5) is 23.7 Å². The number of urea groups is 1. The van der Waals surface area contributed by atoms with Gasteiger partial charge < -0.3 is 10.6 Å². The molecule has 0 bridgehead atoms. The number of fused-ring (bicyclic) bond motifs is 1. The Morgan fingerprint density at radius 3 is 2.74 bits per heavy atom. The number of halogens is 4. The monoisotopic (exact) mass is 517 g/mol. The van der Waals surface area contributed by atoms with E-state index in [9.17, 15) is 18.0 Å². The number of H-pyrrole nitrogens is 1. The van der Waals surface area contributed by atoms with E-state index in [-0.39, 0.29) is 5.69 Å². The highest BCUT2D eigenvalue weighted by Crippen LogP contribution is 2.36. The number of carbonyl (C=O) groups is 1. The van der Waals surface area contributed by atoms with Gasteiger partial charge in [0, 0.05) is 34.5 Å². The number of rotatable bonds is 7. The molecule has 0 unspecified atom stereocenters. The molecule has 2 aromatic heterocycles. The van der Waals surface area contributed by atoms with Crippen molar-refractivity contribution < 1.29 is 18.0 Å². The molecule has 0 saturated heterocycles. The molecule has 0 aliphatic rings. The first kappa shape index (κ1) is 24.6. The Hall–Kier alpha value is -3.50. The molecule has 0 saturated carbocycles. The fourth-order valence-electron chi connectivity index (χ4n) is 3.20. The van der Waals surface area contributed by atoms with Crippen LogP contribution in [0.2, 0.25) is 5.02 Å². The second-order valence-electron chi connectivity index (χ2n) is 7.33. The fraction of sp³-hybridized carbons (Fsp3) is 0.125. The number of amides is 2. The normalized spacial score (nSPS) is 11.8. The summed E-state index contributed by atoms with van der Waals surface area (Å²) in [5.74, 6) is 0.563. The minimum absolute atomic E-state index is 0.00414. The Morgan fingerprint density at radius 1 is 1.11 bits per heavy atom. The average Bonchev–Trinajstić information content (AvgIpc) is 3.24. The van der Waals surface area contributed by atoms with Crippen molar-refractivity contribution in [2.45, 2.75) is 11.1 Å². The number of aromatic nitrogens is 3. The molecule has 2 heterocycles. The van der Waals surface area contributed by atoms with Gasteiger partial charge in [-0.1, -0.05) is 17.7 Å². The lowest BCUT2D eigenvalue weighted by molar-refractivity contribution is -0.137. The van der Waals surface area contributed by atoms with E-state index in [1.54, 1.807) is 6.20 Å². The van der Waals surface area contributed by atoms with Crippen molar-refractivity contribution in [2.75, 3.05) is 17.6 Å². The van der Waals surface area contributed by atoms with Crippen molar-refractivity contribution in [2.24, 2.45) is 0 Å². The number of benzene rings is 2. The van der Waals surface area contributed by atoms with Crippen molar-refractivity contribution in [3.63, 3.8) is 0 Å². The van der Waals surface area contributed by atoms with Crippen molar-refractivity contribution >= 4 is 58.1 Å². The molecule has 0 aliphatic carbocycles. The lowest BCUT2D eigenvalue weighted by Gasteiger charge is -2.12. The summed E-state index contributed by atoms with van der Waals surface area (Å²) in [5.41, 5.74) is 1.52. The van der Waals surface area contributed by atoms with Gasteiger partial charge in [-0.2, -0.15) is 18.3 Å². The SMILES string of the molecule is O=C(NCCSc1ccc2c(C=Cc3ccccn3)n[nH]c2c1)Nc1ccc(Cl)c(C(F)(F)F)c1. The number of pyridine rings is 1. The van der Waals surface area contributed by atoms with Crippen molar-refractivity contribution in [1.29, 1.82) is 0 Å². The van der Waals surface area contributed by atoms with E-state index >= 15 is 0 Å². The van der Waals surface area contributed by atoms with Crippen molar-refractivity contribution in [1.82, 2.24) is 20.5 Å². The van der Waals surface area contributed by atoms with Crippen LogP contribution in [0.3, 0.4) is 0 Å². The van der Waals surface area contributed by atoms with Crippen molar-refractivity contribution in [3.05, 3.63) is 82.8 Å². The standard InChI is InChI=1S/C24H19ClF3N5OS/c25-20-8-4-16(13-19(20)24(26,27)28)31-23(34)30-11-12-35-17-6-7-18-21(32-33-22(18)14-17)9-5-15-3-1-2-10-29-15/h1-10,13-14H,11-12H2,(H,32,33)(H2,30,31,34). The summed E-state index contributed by atoms with van der Waals surface area (Å²) in [6.45, 7) is 0.315. The fourth-order valence-corrected chi connectivity index (χ4v) is 4.23. The van der Waals surface area contributed by atoms with Gasteiger partial charge in [-0.05, 0) is 60.7 Å². The molecule has 0 atom stereocenters. The Labute approximate surface area is 208 Å². The van der Waals surface area contributed by atoms with Crippen LogP contribution >= 0.6 is 23.4 Å². The predicted octanol–water partition coefficient (Wildman–Crippen LogP) is 6.71. The molecule has 180 valence electrons. The summed E-state index contributed by atoms with van der Waals surface area (Å²) in [7, 11) is 0. The first-order chi connectivity index (χ1) is 16.8. The van der Waals surface area contributed by atoms with Gasteiger partial charge in [-0.25, -0.2) is 4.79 Å². The minimum Gasteiger partial charge on any atom is -0.337 e. The molecular weight excluding hydrogens is 499 g/mol.